The molecule has 2 N–H and O–H groups in total. The molecular weight excluding hydrogens is 278 g/mol. The van der Waals surface area contributed by atoms with Crippen LogP contribution in [0.1, 0.15) is 11.8 Å². The zero-order valence-electron chi connectivity index (χ0n) is 10.8. The molecule has 0 amide bonds. The van der Waals surface area contributed by atoms with Crippen LogP contribution in [0.25, 0.3) is 22.4 Å². The van der Waals surface area contributed by atoms with Crippen molar-refractivity contribution in [3.8, 4) is 11.4 Å². The molecule has 0 saturated carbocycles. The molecule has 2 aromatic heterocycles. The molecule has 0 fully saturated rings. The van der Waals surface area contributed by atoms with Gasteiger partial charge in [-0.1, -0.05) is 11.6 Å². The highest BCUT2D eigenvalue weighted by molar-refractivity contribution is 7.16. The molecule has 0 aliphatic rings. The molecule has 0 atom stereocenters. The van der Waals surface area contributed by atoms with Gasteiger partial charge in [0.25, 0.3) is 0 Å². The molecule has 19 heavy (non-hydrogen) atoms. The van der Waals surface area contributed by atoms with Gasteiger partial charge >= 0.3 is 0 Å². The second-order valence-electron chi connectivity index (χ2n) is 4.45. The van der Waals surface area contributed by atoms with Gasteiger partial charge in [0.05, 0.1) is 21.6 Å². The van der Waals surface area contributed by atoms with E-state index in [1.807, 2.05) is 18.2 Å². The summed E-state index contributed by atoms with van der Waals surface area (Å²) in [6, 6.07) is 7.88. The van der Waals surface area contributed by atoms with Crippen LogP contribution >= 0.6 is 22.9 Å². The first kappa shape index (κ1) is 12.5. The van der Waals surface area contributed by atoms with Crippen LogP contribution in [0.15, 0.2) is 24.3 Å². The molecule has 2 heterocycles. The molecule has 1 aromatic carbocycles. The Hall–Kier alpha value is -1.52. The molecule has 0 saturated heterocycles. The lowest BCUT2D eigenvalue weighted by Crippen LogP contribution is -1.98. The second-order valence-corrected chi connectivity index (χ2v) is 6.17. The Kier molecular flexibility index (Phi) is 2.99. The summed E-state index contributed by atoms with van der Waals surface area (Å²) in [5.74, 6) is 0.918. The van der Waals surface area contributed by atoms with Gasteiger partial charge in [0.2, 0.25) is 0 Å². The van der Waals surface area contributed by atoms with Gasteiger partial charge in [0.15, 0.2) is 0 Å². The Labute approximate surface area is 120 Å². The first-order chi connectivity index (χ1) is 9.10. The summed E-state index contributed by atoms with van der Waals surface area (Å²) in [4.78, 5) is 5.89. The molecule has 98 valence electrons. The number of thiophene rings is 1. The predicted octanol–water partition coefficient (Wildman–Crippen LogP) is 4.33. The molecule has 0 aliphatic carbocycles. The number of nitrogen functional groups attached to an aromatic ring is 1. The third kappa shape index (κ3) is 2.01. The molecule has 5 heteroatoms. The maximum absolute atomic E-state index is 6.09. The molecule has 0 spiro atoms. The highest BCUT2D eigenvalue weighted by atomic mass is 35.5. The van der Waals surface area contributed by atoms with Gasteiger partial charge in [-0.25, -0.2) is 4.98 Å². The van der Waals surface area contributed by atoms with Crippen molar-refractivity contribution >= 4 is 39.0 Å². The van der Waals surface area contributed by atoms with Gasteiger partial charge in [-0.2, -0.15) is 0 Å². The van der Waals surface area contributed by atoms with E-state index < -0.39 is 0 Å². The molecule has 0 unspecified atom stereocenters. The number of benzene rings is 1. The van der Waals surface area contributed by atoms with Crippen LogP contribution in [0.4, 0.5) is 5.00 Å². The monoisotopic (exact) mass is 291 g/mol. The van der Waals surface area contributed by atoms with Gasteiger partial charge in [-0.05, 0) is 38.1 Å². The highest BCUT2D eigenvalue weighted by Crippen LogP contribution is 2.35. The third-order valence-electron chi connectivity index (χ3n) is 3.15. The fourth-order valence-corrected chi connectivity index (χ4v) is 3.29. The largest absolute Gasteiger partial charge is 0.390 e. The lowest BCUT2D eigenvalue weighted by molar-refractivity contribution is 0.797. The van der Waals surface area contributed by atoms with Gasteiger partial charge in [-0.15, -0.1) is 11.3 Å². The van der Waals surface area contributed by atoms with Crippen molar-refractivity contribution in [1.29, 1.82) is 0 Å². The van der Waals surface area contributed by atoms with Crippen molar-refractivity contribution in [2.75, 3.05) is 5.73 Å². The van der Waals surface area contributed by atoms with E-state index in [-0.39, 0.29) is 0 Å². The molecular formula is C14H14ClN3S. The summed E-state index contributed by atoms with van der Waals surface area (Å²) in [6.45, 7) is 5.01. The Morgan fingerprint density at radius 2 is 2.16 bits per heavy atom. The first-order valence-electron chi connectivity index (χ1n) is 6.12. The number of fused-ring (bicyclic) bond motifs is 1. The van der Waals surface area contributed by atoms with Gasteiger partial charge in [0.1, 0.15) is 5.82 Å². The van der Waals surface area contributed by atoms with Gasteiger partial charge in [-0.3, -0.25) is 0 Å². The maximum atomic E-state index is 6.09. The fourth-order valence-electron chi connectivity index (χ4n) is 2.34. The normalized spacial score (nSPS) is 11.3. The van der Waals surface area contributed by atoms with Crippen molar-refractivity contribution in [3.05, 3.63) is 34.2 Å². The van der Waals surface area contributed by atoms with E-state index in [4.69, 9.17) is 22.3 Å². The van der Waals surface area contributed by atoms with Crippen LogP contribution in [-0.4, -0.2) is 9.55 Å². The summed E-state index contributed by atoms with van der Waals surface area (Å²) >= 11 is 7.63. The highest BCUT2D eigenvalue weighted by Gasteiger charge is 2.15. The number of anilines is 1. The number of hydrogen-bond acceptors (Lipinski definition) is 3. The quantitative estimate of drug-likeness (QED) is 0.764. The lowest BCUT2D eigenvalue weighted by Gasteiger charge is -2.05. The Morgan fingerprint density at radius 3 is 2.79 bits per heavy atom. The molecule has 0 aliphatic heterocycles. The Bertz CT molecular complexity index is 757. The SMILES string of the molecule is CCn1c(-c2cc(C)sc2N)nc2cc(Cl)ccc21. The van der Waals surface area contributed by atoms with Crippen LogP contribution in [-0.2, 0) is 6.54 Å². The van der Waals surface area contributed by atoms with Crippen molar-refractivity contribution in [1.82, 2.24) is 9.55 Å². The van der Waals surface area contributed by atoms with Crippen LogP contribution in [0, 0.1) is 6.92 Å². The van der Waals surface area contributed by atoms with Crippen molar-refractivity contribution in [2.24, 2.45) is 0 Å². The Balaban J connectivity index is 2.31. The van der Waals surface area contributed by atoms with Crippen LogP contribution in [0.3, 0.4) is 0 Å². The molecule has 3 rings (SSSR count). The molecule has 0 radical (unpaired) electrons. The number of aryl methyl sites for hydroxylation is 2. The van der Waals surface area contributed by atoms with Crippen LogP contribution in [0.2, 0.25) is 5.02 Å². The van der Waals surface area contributed by atoms with E-state index in [2.05, 4.69) is 24.5 Å². The fraction of sp³-hybridized carbons (Fsp3) is 0.214. The van der Waals surface area contributed by atoms with E-state index in [1.54, 1.807) is 11.3 Å². The minimum absolute atomic E-state index is 0.703. The van der Waals surface area contributed by atoms with E-state index in [0.717, 1.165) is 34.0 Å². The van der Waals surface area contributed by atoms with Crippen molar-refractivity contribution in [2.45, 2.75) is 20.4 Å². The number of rotatable bonds is 2. The summed E-state index contributed by atoms with van der Waals surface area (Å²) in [5.41, 5.74) is 9.10. The van der Waals surface area contributed by atoms with Crippen molar-refractivity contribution in [3.63, 3.8) is 0 Å². The first-order valence-corrected chi connectivity index (χ1v) is 7.31. The van der Waals surface area contributed by atoms with E-state index >= 15 is 0 Å². The number of hydrogen-bond donors (Lipinski definition) is 1. The minimum Gasteiger partial charge on any atom is -0.390 e. The van der Waals surface area contributed by atoms with E-state index in [9.17, 15) is 0 Å². The summed E-state index contributed by atoms with van der Waals surface area (Å²) < 4.78 is 2.17. The average molecular weight is 292 g/mol. The summed E-state index contributed by atoms with van der Waals surface area (Å²) in [7, 11) is 0. The number of halogens is 1. The van der Waals surface area contributed by atoms with Gasteiger partial charge < -0.3 is 10.3 Å². The smallest absolute Gasteiger partial charge is 0.144 e. The van der Waals surface area contributed by atoms with Crippen molar-refractivity contribution < 1.29 is 0 Å². The number of imidazole rings is 1. The van der Waals surface area contributed by atoms with Crippen LogP contribution in [0.5, 0.6) is 0 Å². The molecule has 0 bridgehead atoms. The average Bonchev–Trinajstić information content (AvgIpc) is 2.88. The summed E-state index contributed by atoms with van der Waals surface area (Å²) in [6.07, 6.45) is 0. The summed E-state index contributed by atoms with van der Waals surface area (Å²) in [5, 5.41) is 1.52. The van der Waals surface area contributed by atoms with Gasteiger partial charge in [0, 0.05) is 16.4 Å². The van der Waals surface area contributed by atoms with Crippen LogP contribution < -0.4 is 5.73 Å². The number of aromatic nitrogens is 2. The zero-order chi connectivity index (χ0) is 13.6. The topological polar surface area (TPSA) is 43.8 Å². The lowest BCUT2D eigenvalue weighted by atomic mass is 10.2. The second kappa shape index (κ2) is 4.54. The standard InChI is InChI=1S/C14H14ClN3S/c1-3-18-12-5-4-9(15)7-11(12)17-14(18)10-6-8(2)19-13(10)16/h4-7H,3,16H2,1-2H3. The molecule has 3 nitrogen and oxygen atoms in total. The Morgan fingerprint density at radius 1 is 1.37 bits per heavy atom. The minimum atomic E-state index is 0.703. The van der Waals surface area contributed by atoms with E-state index in [1.165, 1.54) is 4.88 Å². The number of nitrogens with zero attached hydrogens (tertiary/aromatic N) is 2. The third-order valence-corrected chi connectivity index (χ3v) is 4.27. The molecule has 3 aromatic rings. The number of nitrogens with two attached hydrogens (primary N) is 1. The zero-order valence-corrected chi connectivity index (χ0v) is 12.3. The predicted molar refractivity (Wildman–Crippen MR) is 82.9 cm³/mol. The van der Waals surface area contributed by atoms with E-state index in [0.29, 0.717) is 5.02 Å². The maximum Gasteiger partial charge on any atom is 0.144 e.